The summed E-state index contributed by atoms with van der Waals surface area (Å²) in [6.07, 6.45) is 0.780. The third-order valence-electron chi connectivity index (χ3n) is 3.73. The van der Waals surface area contributed by atoms with Crippen LogP contribution in [0.25, 0.3) is 0 Å². The highest BCUT2D eigenvalue weighted by atomic mass is 35.5. The Morgan fingerprint density at radius 1 is 1.26 bits per heavy atom. The van der Waals surface area contributed by atoms with Gasteiger partial charge in [-0.05, 0) is 41.8 Å². The molecular formula is C15H15ClN2O3S2. The fourth-order valence-corrected chi connectivity index (χ4v) is 5.07. The van der Waals surface area contributed by atoms with Gasteiger partial charge in [0.1, 0.15) is 4.21 Å². The smallest absolute Gasteiger partial charge is 0.271 e. The Balaban J connectivity index is 1.85. The molecule has 0 fully saturated rings. The van der Waals surface area contributed by atoms with Gasteiger partial charge in [-0.3, -0.25) is 9.52 Å². The van der Waals surface area contributed by atoms with E-state index in [2.05, 4.69) is 4.72 Å². The number of carbonyl (C=O) groups is 1. The number of hydrogen-bond donors (Lipinski definition) is 1. The van der Waals surface area contributed by atoms with Crippen LogP contribution in [-0.4, -0.2) is 25.8 Å². The molecule has 3 rings (SSSR count). The summed E-state index contributed by atoms with van der Waals surface area (Å²) in [6.45, 7) is 2.74. The molecule has 23 heavy (non-hydrogen) atoms. The van der Waals surface area contributed by atoms with Crippen LogP contribution < -0.4 is 4.72 Å². The Bertz CT molecular complexity index is 861. The van der Waals surface area contributed by atoms with E-state index in [-0.39, 0.29) is 10.1 Å². The van der Waals surface area contributed by atoms with E-state index in [1.165, 1.54) is 13.0 Å². The number of rotatable bonds is 3. The van der Waals surface area contributed by atoms with E-state index < -0.39 is 10.0 Å². The lowest BCUT2D eigenvalue weighted by molar-refractivity contribution is -0.129. The molecule has 0 saturated carbocycles. The molecule has 1 aliphatic heterocycles. The number of nitrogens with one attached hydrogen (secondary N) is 1. The van der Waals surface area contributed by atoms with Crippen molar-refractivity contribution in [2.45, 2.75) is 24.1 Å². The molecule has 1 aromatic carbocycles. The second-order valence-electron chi connectivity index (χ2n) is 5.34. The molecular weight excluding hydrogens is 356 g/mol. The van der Waals surface area contributed by atoms with Crippen molar-refractivity contribution in [3.05, 3.63) is 45.8 Å². The second-order valence-corrected chi connectivity index (χ2v) is 8.96. The lowest BCUT2D eigenvalue weighted by atomic mass is 9.99. The van der Waals surface area contributed by atoms with Crippen LogP contribution in [0.4, 0.5) is 5.69 Å². The molecule has 122 valence electrons. The summed E-state index contributed by atoms with van der Waals surface area (Å²) in [5.74, 6) is 0.0230. The number of hydrogen-bond acceptors (Lipinski definition) is 4. The van der Waals surface area contributed by atoms with Crippen molar-refractivity contribution in [1.82, 2.24) is 4.90 Å². The van der Waals surface area contributed by atoms with Crippen LogP contribution in [0.5, 0.6) is 0 Å². The first-order valence-electron chi connectivity index (χ1n) is 7.00. The zero-order chi connectivity index (χ0) is 16.6. The molecule has 0 radical (unpaired) electrons. The Morgan fingerprint density at radius 2 is 2.04 bits per heavy atom. The highest BCUT2D eigenvalue weighted by Gasteiger charge is 2.20. The van der Waals surface area contributed by atoms with Crippen molar-refractivity contribution in [2.75, 3.05) is 11.3 Å². The summed E-state index contributed by atoms with van der Waals surface area (Å²) < 4.78 is 27.8. The summed E-state index contributed by atoms with van der Waals surface area (Å²) in [5, 5.41) is 0. The number of halogens is 1. The van der Waals surface area contributed by atoms with Crippen LogP contribution in [0.1, 0.15) is 18.1 Å². The lowest BCUT2D eigenvalue weighted by Gasteiger charge is -2.28. The van der Waals surface area contributed by atoms with E-state index >= 15 is 0 Å². The minimum absolute atomic E-state index is 0.0230. The van der Waals surface area contributed by atoms with Gasteiger partial charge in [0.25, 0.3) is 10.0 Å². The summed E-state index contributed by atoms with van der Waals surface area (Å²) in [4.78, 5) is 13.3. The van der Waals surface area contributed by atoms with Crippen molar-refractivity contribution in [3.8, 4) is 0 Å². The minimum atomic E-state index is -3.65. The van der Waals surface area contributed by atoms with Crippen LogP contribution in [-0.2, 0) is 27.8 Å². The van der Waals surface area contributed by atoms with Gasteiger partial charge in [-0.15, -0.1) is 11.3 Å². The maximum atomic E-state index is 12.3. The van der Waals surface area contributed by atoms with Crippen LogP contribution in [0, 0.1) is 0 Å². The van der Waals surface area contributed by atoms with Gasteiger partial charge < -0.3 is 4.90 Å². The van der Waals surface area contributed by atoms with Crippen LogP contribution >= 0.6 is 22.9 Å². The number of sulfonamides is 1. The molecule has 0 bridgehead atoms. The molecule has 2 aromatic rings. The van der Waals surface area contributed by atoms with Gasteiger partial charge in [-0.2, -0.15) is 0 Å². The number of thiophene rings is 1. The van der Waals surface area contributed by atoms with Crippen molar-refractivity contribution in [2.24, 2.45) is 0 Å². The fraction of sp³-hybridized carbons (Fsp3) is 0.267. The van der Waals surface area contributed by atoms with E-state index in [4.69, 9.17) is 11.6 Å². The van der Waals surface area contributed by atoms with E-state index in [1.807, 2.05) is 6.07 Å². The zero-order valence-corrected chi connectivity index (χ0v) is 14.8. The van der Waals surface area contributed by atoms with Gasteiger partial charge in [-0.25, -0.2) is 8.42 Å². The molecule has 1 aliphatic rings. The topological polar surface area (TPSA) is 66.5 Å². The Kier molecular flexibility index (Phi) is 4.35. The average Bonchev–Trinajstić information content (AvgIpc) is 2.93. The standard InChI is InChI=1S/C15H15ClN2O3S2/c1-10(19)18-7-6-11-2-3-13(8-12(11)9-18)17-23(20,21)15-5-4-14(16)22-15/h2-5,8,17H,6-7,9H2,1H3. The Hall–Kier alpha value is -1.57. The Labute approximate surface area is 143 Å². The SMILES string of the molecule is CC(=O)N1CCc2ccc(NS(=O)(=O)c3ccc(Cl)s3)cc2C1. The molecule has 2 heterocycles. The number of amides is 1. The first-order chi connectivity index (χ1) is 10.8. The summed E-state index contributed by atoms with van der Waals surface area (Å²) in [6, 6.07) is 8.47. The fourth-order valence-electron chi connectivity index (χ4n) is 2.54. The predicted molar refractivity (Wildman–Crippen MR) is 91.4 cm³/mol. The average molecular weight is 371 g/mol. The van der Waals surface area contributed by atoms with E-state index in [9.17, 15) is 13.2 Å². The molecule has 1 aromatic heterocycles. The van der Waals surface area contributed by atoms with E-state index in [1.54, 1.807) is 23.1 Å². The second kappa shape index (κ2) is 6.14. The number of carbonyl (C=O) groups excluding carboxylic acids is 1. The Morgan fingerprint density at radius 3 is 2.70 bits per heavy atom. The normalized spacial score (nSPS) is 14.4. The molecule has 8 heteroatoms. The molecule has 0 atom stereocenters. The summed E-state index contributed by atoms with van der Waals surface area (Å²) in [7, 11) is -3.65. The van der Waals surface area contributed by atoms with Crippen molar-refractivity contribution >= 4 is 44.6 Å². The monoisotopic (exact) mass is 370 g/mol. The third kappa shape index (κ3) is 3.52. The van der Waals surface area contributed by atoms with Crippen molar-refractivity contribution < 1.29 is 13.2 Å². The molecule has 0 spiro atoms. The van der Waals surface area contributed by atoms with Gasteiger partial charge in [0.05, 0.1) is 4.34 Å². The quantitative estimate of drug-likeness (QED) is 0.902. The molecule has 1 amide bonds. The number of benzene rings is 1. The van der Waals surface area contributed by atoms with Crippen molar-refractivity contribution in [3.63, 3.8) is 0 Å². The summed E-state index contributed by atoms with van der Waals surface area (Å²) in [5.41, 5.74) is 2.60. The molecule has 0 aliphatic carbocycles. The van der Waals surface area contributed by atoms with E-state index in [0.29, 0.717) is 23.1 Å². The first-order valence-corrected chi connectivity index (χ1v) is 9.68. The zero-order valence-electron chi connectivity index (χ0n) is 12.4. The van der Waals surface area contributed by atoms with Gasteiger partial charge in [-0.1, -0.05) is 17.7 Å². The molecule has 0 saturated heterocycles. The molecule has 1 N–H and O–H groups in total. The molecule has 0 unspecified atom stereocenters. The number of fused-ring (bicyclic) bond motifs is 1. The number of anilines is 1. The first kappa shape index (κ1) is 16.3. The minimum Gasteiger partial charge on any atom is -0.338 e. The van der Waals surface area contributed by atoms with Crippen LogP contribution in [0.15, 0.2) is 34.5 Å². The third-order valence-corrected chi connectivity index (χ3v) is 6.83. The van der Waals surface area contributed by atoms with Gasteiger partial charge in [0.2, 0.25) is 5.91 Å². The van der Waals surface area contributed by atoms with Gasteiger partial charge in [0.15, 0.2) is 0 Å². The highest BCUT2D eigenvalue weighted by Crippen LogP contribution is 2.28. The van der Waals surface area contributed by atoms with Gasteiger partial charge >= 0.3 is 0 Å². The van der Waals surface area contributed by atoms with E-state index in [0.717, 1.165) is 28.9 Å². The molecule has 5 nitrogen and oxygen atoms in total. The highest BCUT2D eigenvalue weighted by molar-refractivity contribution is 7.94. The maximum Gasteiger partial charge on any atom is 0.271 e. The van der Waals surface area contributed by atoms with Crippen LogP contribution in [0.3, 0.4) is 0 Å². The van der Waals surface area contributed by atoms with Crippen molar-refractivity contribution in [1.29, 1.82) is 0 Å². The number of nitrogens with zero attached hydrogens (tertiary/aromatic N) is 1. The predicted octanol–water partition coefficient (Wildman–Crippen LogP) is 3.11. The van der Waals surface area contributed by atoms with Gasteiger partial charge in [0, 0.05) is 25.7 Å². The van der Waals surface area contributed by atoms with Crippen LogP contribution in [0.2, 0.25) is 4.34 Å². The maximum absolute atomic E-state index is 12.3. The largest absolute Gasteiger partial charge is 0.338 e. The summed E-state index contributed by atoms with van der Waals surface area (Å²) >= 11 is 6.81. The lowest BCUT2D eigenvalue weighted by Crippen LogP contribution is -2.34.